The molecule has 0 heterocycles. The highest BCUT2D eigenvalue weighted by Crippen LogP contribution is 2.48. The Hall–Kier alpha value is -0.890. The maximum absolute atomic E-state index is 13.3. The summed E-state index contributed by atoms with van der Waals surface area (Å²) in [6, 6.07) is 7.00. The maximum Gasteiger partial charge on any atom is 0.127 e. The van der Waals surface area contributed by atoms with Crippen LogP contribution in [0.2, 0.25) is 0 Å². The summed E-state index contributed by atoms with van der Waals surface area (Å²) in [5, 5.41) is 3.39. The lowest BCUT2D eigenvalue weighted by molar-refractivity contribution is 0.418. The zero-order chi connectivity index (χ0) is 11.4. The Morgan fingerprint density at radius 2 is 2.06 bits per heavy atom. The lowest BCUT2D eigenvalue weighted by Crippen LogP contribution is -2.23. The molecule has 1 aliphatic rings. The molecule has 2 rings (SSSR count). The molecule has 0 unspecified atom stereocenters. The molecule has 0 amide bonds. The van der Waals surface area contributed by atoms with Crippen LogP contribution in [0.1, 0.15) is 38.2 Å². The summed E-state index contributed by atoms with van der Waals surface area (Å²) in [5.41, 5.74) is 1.31. The first kappa shape index (κ1) is 11.6. The zero-order valence-electron chi connectivity index (χ0n) is 9.93. The molecule has 0 bridgehead atoms. The van der Waals surface area contributed by atoms with Crippen molar-refractivity contribution in [1.29, 1.82) is 0 Å². The summed E-state index contributed by atoms with van der Waals surface area (Å²) in [4.78, 5) is 0. The van der Waals surface area contributed by atoms with E-state index in [9.17, 15) is 4.39 Å². The van der Waals surface area contributed by atoms with Crippen molar-refractivity contribution in [2.75, 3.05) is 6.54 Å². The van der Waals surface area contributed by atoms with Crippen molar-refractivity contribution in [2.24, 2.45) is 5.41 Å². The van der Waals surface area contributed by atoms with E-state index >= 15 is 0 Å². The molecule has 0 aliphatic heterocycles. The summed E-state index contributed by atoms with van der Waals surface area (Å²) < 4.78 is 13.3. The zero-order valence-corrected chi connectivity index (χ0v) is 9.93. The van der Waals surface area contributed by atoms with Crippen molar-refractivity contribution in [3.8, 4) is 0 Å². The van der Waals surface area contributed by atoms with Crippen LogP contribution in [0.4, 0.5) is 4.39 Å². The van der Waals surface area contributed by atoms with Gasteiger partial charge in [0.25, 0.3) is 0 Å². The molecule has 0 aromatic heterocycles. The molecule has 0 radical (unpaired) electrons. The Balaban J connectivity index is 1.78. The van der Waals surface area contributed by atoms with Crippen molar-refractivity contribution in [1.82, 2.24) is 5.32 Å². The molecule has 0 atom stereocenters. The second-order valence-corrected chi connectivity index (χ2v) is 4.94. The van der Waals surface area contributed by atoms with Crippen LogP contribution in [0.15, 0.2) is 24.3 Å². The second kappa shape index (κ2) is 4.96. The number of halogens is 1. The lowest BCUT2D eigenvalue weighted by Gasteiger charge is -2.15. The van der Waals surface area contributed by atoms with Gasteiger partial charge in [-0.15, -0.1) is 0 Å². The molecule has 16 heavy (non-hydrogen) atoms. The predicted molar refractivity (Wildman–Crippen MR) is 64.7 cm³/mol. The molecule has 88 valence electrons. The third-order valence-electron chi connectivity index (χ3n) is 3.51. The van der Waals surface area contributed by atoms with Crippen molar-refractivity contribution >= 4 is 0 Å². The molecule has 1 N–H and O–H groups in total. The van der Waals surface area contributed by atoms with E-state index in [-0.39, 0.29) is 5.82 Å². The maximum atomic E-state index is 13.3. The molecular formula is C14H20FN. The summed E-state index contributed by atoms with van der Waals surface area (Å²) in [6.45, 7) is 3.92. The SMILES string of the molecule is CCCC1(CNCc2ccccc2F)CC1. The van der Waals surface area contributed by atoms with Crippen LogP contribution in [0.3, 0.4) is 0 Å². The molecular weight excluding hydrogens is 201 g/mol. The molecule has 1 aromatic carbocycles. The van der Waals surface area contributed by atoms with E-state index in [1.165, 1.54) is 31.7 Å². The number of nitrogens with one attached hydrogen (secondary N) is 1. The summed E-state index contributed by atoms with van der Waals surface area (Å²) >= 11 is 0. The van der Waals surface area contributed by atoms with Crippen LogP contribution in [0.25, 0.3) is 0 Å². The fourth-order valence-electron chi connectivity index (χ4n) is 2.33. The third-order valence-corrected chi connectivity index (χ3v) is 3.51. The predicted octanol–water partition coefficient (Wildman–Crippen LogP) is 3.50. The van der Waals surface area contributed by atoms with Gasteiger partial charge in [0, 0.05) is 18.7 Å². The van der Waals surface area contributed by atoms with Crippen molar-refractivity contribution in [3.63, 3.8) is 0 Å². The Morgan fingerprint density at radius 3 is 2.69 bits per heavy atom. The van der Waals surface area contributed by atoms with Gasteiger partial charge in [-0.05, 0) is 30.7 Å². The van der Waals surface area contributed by atoms with Gasteiger partial charge >= 0.3 is 0 Å². The van der Waals surface area contributed by atoms with Gasteiger partial charge in [-0.25, -0.2) is 4.39 Å². The van der Waals surface area contributed by atoms with Crippen LogP contribution < -0.4 is 5.32 Å². The number of hydrogen-bond donors (Lipinski definition) is 1. The fraction of sp³-hybridized carbons (Fsp3) is 0.571. The van der Waals surface area contributed by atoms with E-state index in [0.29, 0.717) is 12.0 Å². The molecule has 1 aliphatic carbocycles. The minimum atomic E-state index is -0.102. The van der Waals surface area contributed by atoms with Crippen LogP contribution >= 0.6 is 0 Å². The summed E-state index contributed by atoms with van der Waals surface area (Å²) in [7, 11) is 0. The van der Waals surface area contributed by atoms with Gasteiger partial charge in [0.05, 0.1) is 0 Å². The molecule has 2 heteroatoms. The lowest BCUT2D eigenvalue weighted by atomic mass is 10.0. The second-order valence-electron chi connectivity index (χ2n) is 4.94. The van der Waals surface area contributed by atoms with Crippen molar-refractivity contribution < 1.29 is 4.39 Å². The molecule has 0 spiro atoms. The average molecular weight is 221 g/mol. The van der Waals surface area contributed by atoms with Crippen molar-refractivity contribution in [2.45, 2.75) is 39.2 Å². The normalized spacial score (nSPS) is 17.4. The Labute approximate surface area is 97.1 Å². The van der Waals surface area contributed by atoms with Crippen LogP contribution in [0, 0.1) is 11.2 Å². The third kappa shape index (κ3) is 2.82. The van der Waals surface area contributed by atoms with E-state index in [1.807, 2.05) is 12.1 Å². The summed E-state index contributed by atoms with van der Waals surface area (Å²) in [6.07, 6.45) is 5.23. The van der Waals surface area contributed by atoms with Crippen molar-refractivity contribution in [3.05, 3.63) is 35.6 Å². The molecule has 1 nitrogen and oxygen atoms in total. The molecule has 1 fully saturated rings. The van der Waals surface area contributed by atoms with E-state index in [4.69, 9.17) is 0 Å². The van der Waals surface area contributed by atoms with Gasteiger partial charge in [-0.3, -0.25) is 0 Å². The van der Waals surface area contributed by atoms with E-state index in [1.54, 1.807) is 6.07 Å². The molecule has 1 saturated carbocycles. The van der Waals surface area contributed by atoms with Gasteiger partial charge in [-0.1, -0.05) is 31.5 Å². The number of hydrogen-bond acceptors (Lipinski definition) is 1. The van der Waals surface area contributed by atoms with Gasteiger partial charge in [0.2, 0.25) is 0 Å². The van der Waals surface area contributed by atoms with Gasteiger partial charge in [-0.2, -0.15) is 0 Å². The quantitative estimate of drug-likeness (QED) is 0.775. The first-order valence-corrected chi connectivity index (χ1v) is 6.20. The highest BCUT2D eigenvalue weighted by Gasteiger charge is 2.40. The van der Waals surface area contributed by atoms with E-state index < -0.39 is 0 Å². The van der Waals surface area contributed by atoms with Crippen LogP contribution in [0.5, 0.6) is 0 Å². The Bertz CT molecular complexity index is 344. The van der Waals surface area contributed by atoms with Crippen LogP contribution in [-0.4, -0.2) is 6.54 Å². The minimum Gasteiger partial charge on any atom is -0.312 e. The highest BCUT2D eigenvalue weighted by molar-refractivity contribution is 5.17. The van der Waals surface area contributed by atoms with E-state index in [0.717, 1.165) is 12.1 Å². The van der Waals surface area contributed by atoms with Gasteiger partial charge < -0.3 is 5.32 Å². The smallest absolute Gasteiger partial charge is 0.127 e. The molecule has 1 aromatic rings. The first-order valence-electron chi connectivity index (χ1n) is 6.20. The number of benzene rings is 1. The topological polar surface area (TPSA) is 12.0 Å². The molecule has 0 saturated heterocycles. The Morgan fingerprint density at radius 1 is 1.31 bits per heavy atom. The van der Waals surface area contributed by atoms with E-state index in [2.05, 4.69) is 12.2 Å². The largest absolute Gasteiger partial charge is 0.312 e. The monoisotopic (exact) mass is 221 g/mol. The average Bonchev–Trinajstić information content (AvgIpc) is 3.02. The summed E-state index contributed by atoms with van der Waals surface area (Å²) in [5.74, 6) is -0.102. The number of rotatable bonds is 6. The van der Waals surface area contributed by atoms with Crippen LogP contribution in [-0.2, 0) is 6.54 Å². The fourth-order valence-corrected chi connectivity index (χ4v) is 2.33. The highest BCUT2D eigenvalue weighted by atomic mass is 19.1. The first-order chi connectivity index (χ1) is 7.76. The Kier molecular flexibility index (Phi) is 3.59. The standard InChI is InChI=1S/C14H20FN/c1-2-7-14(8-9-14)11-16-10-12-5-3-4-6-13(12)15/h3-6,16H,2,7-11H2,1H3. The van der Waals surface area contributed by atoms with Gasteiger partial charge in [0.15, 0.2) is 0 Å². The minimum absolute atomic E-state index is 0.102. The van der Waals surface area contributed by atoms with Gasteiger partial charge in [0.1, 0.15) is 5.82 Å².